The summed E-state index contributed by atoms with van der Waals surface area (Å²) in [6.07, 6.45) is 10.6. The van der Waals surface area contributed by atoms with Crippen molar-refractivity contribution >= 4 is 0 Å². The Kier molecular flexibility index (Phi) is 5.58. The van der Waals surface area contributed by atoms with Crippen molar-refractivity contribution in [1.29, 1.82) is 0 Å². The minimum atomic E-state index is 0.471. The summed E-state index contributed by atoms with van der Waals surface area (Å²) in [6.45, 7) is 8.77. The molecular weight excluding hydrogens is 248 g/mol. The van der Waals surface area contributed by atoms with Crippen LogP contribution in [0.5, 0.6) is 0 Å². The molecule has 114 valence electrons. The van der Waals surface area contributed by atoms with Gasteiger partial charge in [0.2, 0.25) is 0 Å². The fourth-order valence-electron chi connectivity index (χ4n) is 3.81. The summed E-state index contributed by atoms with van der Waals surface area (Å²) in [4.78, 5) is 4.51. The van der Waals surface area contributed by atoms with Crippen molar-refractivity contribution in [3.63, 3.8) is 0 Å². The van der Waals surface area contributed by atoms with Gasteiger partial charge >= 0.3 is 0 Å². The molecule has 0 aromatic carbocycles. The lowest BCUT2D eigenvalue weighted by molar-refractivity contribution is 0.183. The Balaban J connectivity index is 2.14. The third kappa shape index (κ3) is 3.22. The van der Waals surface area contributed by atoms with Crippen LogP contribution >= 0.6 is 0 Å². The van der Waals surface area contributed by atoms with Crippen LogP contribution < -0.4 is 5.32 Å². The van der Waals surface area contributed by atoms with Gasteiger partial charge < -0.3 is 5.32 Å². The maximum atomic E-state index is 4.51. The van der Waals surface area contributed by atoms with E-state index in [0.717, 1.165) is 31.8 Å². The molecule has 0 aliphatic heterocycles. The molecule has 1 fully saturated rings. The Morgan fingerprint density at radius 1 is 1.30 bits per heavy atom. The van der Waals surface area contributed by atoms with Crippen LogP contribution in [0.3, 0.4) is 0 Å². The van der Waals surface area contributed by atoms with E-state index in [2.05, 4.69) is 40.9 Å². The molecule has 0 radical (unpaired) electrons. The van der Waals surface area contributed by atoms with Crippen LogP contribution in [0.15, 0.2) is 6.33 Å². The Labute approximate surface area is 123 Å². The lowest BCUT2D eigenvalue weighted by Gasteiger charge is -2.37. The predicted octanol–water partition coefficient (Wildman–Crippen LogP) is 3.18. The molecule has 0 bridgehead atoms. The number of rotatable bonds is 8. The average molecular weight is 278 g/mol. The van der Waals surface area contributed by atoms with Gasteiger partial charge in [-0.25, -0.2) is 4.98 Å². The van der Waals surface area contributed by atoms with Crippen molar-refractivity contribution in [3.8, 4) is 0 Å². The van der Waals surface area contributed by atoms with Gasteiger partial charge in [-0.05, 0) is 37.6 Å². The molecule has 1 aliphatic rings. The molecule has 1 atom stereocenters. The van der Waals surface area contributed by atoms with Crippen molar-refractivity contribution in [1.82, 2.24) is 20.1 Å². The summed E-state index contributed by atoms with van der Waals surface area (Å²) < 4.78 is 2.09. The molecule has 1 unspecified atom stereocenters. The Morgan fingerprint density at radius 3 is 2.65 bits per heavy atom. The standard InChI is InChI=1S/C16H30N4/c1-4-11-20-15(18-13-19-20)12-14(17-6-3)16(5-2)9-7-8-10-16/h13-14,17H,4-12H2,1-3H3. The van der Waals surface area contributed by atoms with Gasteiger partial charge in [0.05, 0.1) is 0 Å². The van der Waals surface area contributed by atoms with Crippen molar-refractivity contribution in [2.24, 2.45) is 5.41 Å². The molecule has 1 heterocycles. The number of aromatic nitrogens is 3. The Morgan fingerprint density at radius 2 is 2.05 bits per heavy atom. The van der Waals surface area contributed by atoms with Gasteiger partial charge in [0.1, 0.15) is 12.2 Å². The maximum absolute atomic E-state index is 4.51. The first-order chi connectivity index (χ1) is 9.75. The number of hydrogen-bond donors (Lipinski definition) is 1. The van der Waals surface area contributed by atoms with Gasteiger partial charge in [-0.15, -0.1) is 0 Å². The van der Waals surface area contributed by atoms with Crippen molar-refractivity contribution < 1.29 is 0 Å². The number of hydrogen-bond acceptors (Lipinski definition) is 3. The number of likely N-dealkylation sites (N-methyl/N-ethyl adjacent to an activating group) is 1. The molecule has 1 aromatic rings. The highest BCUT2D eigenvalue weighted by atomic mass is 15.3. The molecule has 1 aliphatic carbocycles. The highest BCUT2D eigenvalue weighted by molar-refractivity contribution is 5.00. The minimum Gasteiger partial charge on any atom is -0.313 e. The summed E-state index contributed by atoms with van der Waals surface area (Å²) in [6, 6.07) is 0.541. The van der Waals surface area contributed by atoms with Crippen molar-refractivity contribution in [3.05, 3.63) is 12.2 Å². The van der Waals surface area contributed by atoms with Gasteiger partial charge in [0.15, 0.2) is 0 Å². The molecule has 2 rings (SSSR count). The topological polar surface area (TPSA) is 42.7 Å². The van der Waals surface area contributed by atoms with Gasteiger partial charge in [0, 0.05) is 19.0 Å². The molecule has 20 heavy (non-hydrogen) atoms. The van der Waals surface area contributed by atoms with E-state index in [0.29, 0.717) is 11.5 Å². The van der Waals surface area contributed by atoms with Gasteiger partial charge in [0.25, 0.3) is 0 Å². The zero-order valence-electron chi connectivity index (χ0n) is 13.4. The lowest BCUT2D eigenvalue weighted by atomic mass is 9.74. The van der Waals surface area contributed by atoms with Crippen molar-refractivity contribution in [2.75, 3.05) is 6.54 Å². The van der Waals surface area contributed by atoms with Crippen molar-refractivity contribution in [2.45, 2.75) is 78.3 Å². The summed E-state index contributed by atoms with van der Waals surface area (Å²) >= 11 is 0. The first kappa shape index (κ1) is 15.5. The monoisotopic (exact) mass is 278 g/mol. The normalized spacial score (nSPS) is 19.4. The fraction of sp³-hybridized carbons (Fsp3) is 0.875. The lowest BCUT2D eigenvalue weighted by Crippen LogP contribution is -2.45. The van der Waals surface area contributed by atoms with Crippen LogP contribution in [-0.2, 0) is 13.0 Å². The highest BCUT2D eigenvalue weighted by Gasteiger charge is 2.39. The van der Waals surface area contributed by atoms with Gasteiger partial charge in [-0.1, -0.05) is 33.6 Å². The number of nitrogens with one attached hydrogen (secondary N) is 1. The second-order valence-corrected chi connectivity index (χ2v) is 6.14. The zero-order valence-corrected chi connectivity index (χ0v) is 13.4. The third-order valence-electron chi connectivity index (χ3n) is 5.01. The molecule has 1 saturated carbocycles. The van der Waals surface area contributed by atoms with E-state index in [1.54, 1.807) is 6.33 Å². The minimum absolute atomic E-state index is 0.471. The summed E-state index contributed by atoms with van der Waals surface area (Å²) in [5, 5.41) is 8.11. The summed E-state index contributed by atoms with van der Waals surface area (Å²) in [5.74, 6) is 1.15. The smallest absolute Gasteiger partial charge is 0.138 e. The van der Waals surface area contributed by atoms with E-state index in [1.807, 2.05) is 0 Å². The number of aryl methyl sites for hydroxylation is 1. The van der Waals surface area contributed by atoms with Crippen LogP contribution in [0.25, 0.3) is 0 Å². The van der Waals surface area contributed by atoms with Gasteiger partial charge in [-0.2, -0.15) is 5.10 Å². The molecule has 1 aromatic heterocycles. The van der Waals surface area contributed by atoms with E-state index < -0.39 is 0 Å². The van der Waals surface area contributed by atoms with E-state index in [9.17, 15) is 0 Å². The first-order valence-electron chi connectivity index (χ1n) is 8.35. The fourth-order valence-corrected chi connectivity index (χ4v) is 3.81. The third-order valence-corrected chi connectivity index (χ3v) is 5.01. The molecular formula is C16H30N4. The summed E-state index contributed by atoms with van der Waals surface area (Å²) in [5.41, 5.74) is 0.471. The number of nitrogens with zero attached hydrogens (tertiary/aromatic N) is 3. The highest BCUT2D eigenvalue weighted by Crippen LogP contribution is 2.44. The van der Waals surface area contributed by atoms with E-state index in [1.165, 1.54) is 32.1 Å². The first-order valence-corrected chi connectivity index (χ1v) is 8.35. The molecule has 4 heteroatoms. The molecule has 4 nitrogen and oxygen atoms in total. The van der Waals surface area contributed by atoms with Crippen LogP contribution in [0, 0.1) is 5.41 Å². The molecule has 0 amide bonds. The largest absolute Gasteiger partial charge is 0.313 e. The predicted molar refractivity (Wildman–Crippen MR) is 82.7 cm³/mol. The van der Waals surface area contributed by atoms with Crippen LogP contribution in [0.4, 0.5) is 0 Å². The average Bonchev–Trinajstić information content (AvgIpc) is 3.09. The van der Waals surface area contributed by atoms with Crippen LogP contribution in [0.1, 0.15) is 65.1 Å². The van der Waals surface area contributed by atoms with E-state index in [4.69, 9.17) is 0 Å². The Hall–Kier alpha value is -0.900. The molecule has 0 saturated heterocycles. The van der Waals surface area contributed by atoms with E-state index in [-0.39, 0.29) is 0 Å². The second-order valence-electron chi connectivity index (χ2n) is 6.14. The molecule has 0 spiro atoms. The summed E-state index contributed by atoms with van der Waals surface area (Å²) in [7, 11) is 0. The molecule has 1 N–H and O–H groups in total. The van der Waals surface area contributed by atoms with Gasteiger partial charge in [-0.3, -0.25) is 4.68 Å². The maximum Gasteiger partial charge on any atom is 0.138 e. The SMILES string of the molecule is CCCn1ncnc1CC(NCC)C1(CC)CCCC1. The van der Waals surface area contributed by atoms with Crippen LogP contribution in [0.2, 0.25) is 0 Å². The quantitative estimate of drug-likeness (QED) is 0.794. The second kappa shape index (κ2) is 7.21. The van der Waals surface area contributed by atoms with Crippen LogP contribution in [-0.4, -0.2) is 27.4 Å². The zero-order chi connectivity index (χ0) is 14.4. The Bertz CT molecular complexity index is 393. The van der Waals surface area contributed by atoms with E-state index >= 15 is 0 Å².